The van der Waals surface area contributed by atoms with E-state index in [1.165, 1.54) is 5.56 Å². The van der Waals surface area contributed by atoms with Crippen molar-refractivity contribution in [2.75, 3.05) is 20.1 Å². The van der Waals surface area contributed by atoms with E-state index in [0.717, 1.165) is 37.2 Å². The lowest BCUT2D eigenvalue weighted by Gasteiger charge is -2.33. The summed E-state index contributed by atoms with van der Waals surface area (Å²) < 4.78 is 5.87. The maximum absolute atomic E-state index is 12.6. The average Bonchev–Trinajstić information content (AvgIpc) is 2.68. The quantitative estimate of drug-likeness (QED) is 0.866. The zero-order valence-electron chi connectivity index (χ0n) is 15.4. The number of carbonyl (C=O) groups excluding carboxylic acids is 1. The highest BCUT2D eigenvalue weighted by Crippen LogP contribution is 2.23. The van der Waals surface area contributed by atoms with Crippen molar-refractivity contribution in [3.63, 3.8) is 0 Å². The lowest BCUT2D eigenvalue weighted by molar-refractivity contribution is -0.139. The summed E-state index contributed by atoms with van der Waals surface area (Å²) in [4.78, 5) is 14.5. The highest BCUT2D eigenvalue weighted by Gasteiger charge is 2.26. The fourth-order valence-electron chi connectivity index (χ4n) is 3.27. The molecule has 0 spiro atoms. The van der Waals surface area contributed by atoms with Gasteiger partial charge < -0.3 is 15.0 Å². The lowest BCUT2D eigenvalue weighted by Crippen LogP contribution is -2.48. The summed E-state index contributed by atoms with van der Waals surface area (Å²) in [6.07, 6.45) is 1.52. The standard InChI is InChI=1S/C21H26N2O2.ClH/c1-16(21(24)23(2)19-12-14-22-15-13-19)25-20-10-8-18(9-11-20)17-6-4-3-5-7-17;/h3-11,16,19,22H,12-15H2,1-2H3;1H. The number of nitrogens with one attached hydrogen (secondary N) is 1. The van der Waals surface area contributed by atoms with Crippen molar-refractivity contribution in [2.45, 2.75) is 31.9 Å². The first-order chi connectivity index (χ1) is 12.1. The molecule has 1 unspecified atom stereocenters. The Bertz CT molecular complexity index is 685. The van der Waals surface area contributed by atoms with Crippen molar-refractivity contribution in [1.82, 2.24) is 10.2 Å². The van der Waals surface area contributed by atoms with Gasteiger partial charge in [-0.15, -0.1) is 12.4 Å². The Balaban J connectivity index is 0.00000243. The molecule has 0 radical (unpaired) electrons. The van der Waals surface area contributed by atoms with Crippen LogP contribution in [0.25, 0.3) is 11.1 Å². The zero-order valence-corrected chi connectivity index (χ0v) is 16.2. The van der Waals surface area contributed by atoms with Gasteiger partial charge >= 0.3 is 0 Å². The van der Waals surface area contributed by atoms with Crippen LogP contribution in [0.15, 0.2) is 54.6 Å². The molecule has 2 aromatic rings. The molecule has 0 bridgehead atoms. The molecule has 1 saturated heterocycles. The lowest BCUT2D eigenvalue weighted by atomic mass is 10.0. The number of carbonyl (C=O) groups is 1. The highest BCUT2D eigenvalue weighted by atomic mass is 35.5. The predicted molar refractivity (Wildman–Crippen MR) is 108 cm³/mol. The number of likely N-dealkylation sites (N-methyl/N-ethyl adjacent to an activating group) is 1. The van der Waals surface area contributed by atoms with Crippen LogP contribution in [0.5, 0.6) is 5.75 Å². The molecule has 1 fully saturated rings. The summed E-state index contributed by atoms with van der Waals surface area (Å²) >= 11 is 0. The molecule has 4 nitrogen and oxygen atoms in total. The highest BCUT2D eigenvalue weighted by molar-refractivity contribution is 5.85. The van der Waals surface area contributed by atoms with Crippen LogP contribution in [0.3, 0.4) is 0 Å². The van der Waals surface area contributed by atoms with Gasteiger partial charge in [0.25, 0.3) is 5.91 Å². The predicted octanol–water partition coefficient (Wildman–Crippen LogP) is 3.75. The van der Waals surface area contributed by atoms with Gasteiger partial charge in [-0.3, -0.25) is 4.79 Å². The van der Waals surface area contributed by atoms with Gasteiger partial charge in [-0.1, -0.05) is 42.5 Å². The van der Waals surface area contributed by atoms with E-state index in [1.807, 2.05) is 61.3 Å². The molecule has 0 aliphatic carbocycles. The largest absolute Gasteiger partial charge is 0.481 e. The summed E-state index contributed by atoms with van der Waals surface area (Å²) in [5, 5.41) is 3.33. The third-order valence-corrected chi connectivity index (χ3v) is 4.83. The number of halogens is 1. The second-order valence-corrected chi connectivity index (χ2v) is 6.58. The normalized spacial score (nSPS) is 15.6. The second kappa shape index (κ2) is 9.60. The average molecular weight is 375 g/mol. The smallest absolute Gasteiger partial charge is 0.263 e. The van der Waals surface area contributed by atoms with E-state index in [0.29, 0.717) is 6.04 Å². The summed E-state index contributed by atoms with van der Waals surface area (Å²) in [5.41, 5.74) is 2.31. The molecular formula is C21H27ClN2O2. The molecule has 1 aliphatic rings. The van der Waals surface area contributed by atoms with Gasteiger partial charge in [0.15, 0.2) is 6.10 Å². The first kappa shape index (κ1) is 20.3. The van der Waals surface area contributed by atoms with Crippen LogP contribution >= 0.6 is 12.4 Å². The van der Waals surface area contributed by atoms with Crippen LogP contribution < -0.4 is 10.1 Å². The molecule has 2 aromatic carbocycles. The van der Waals surface area contributed by atoms with Crippen molar-refractivity contribution in [2.24, 2.45) is 0 Å². The summed E-state index contributed by atoms with van der Waals surface area (Å²) in [6.45, 7) is 3.77. The summed E-state index contributed by atoms with van der Waals surface area (Å²) in [7, 11) is 1.89. The molecule has 0 aromatic heterocycles. The van der Waals surface area contributed by atoms with Gasteiger partial charge in [-0.25, -0.2) is 0 Å². The first-order valence-electron chi connectivity index (χ1n) is 8.94. The maximum Gasteiger partial charge on any atom is 0.263 e. The van der Waals surface area contributed by atoms with Crippen molar-refractivity contribution in [1.29, 1.82) is 0 Å². The molecule has 26 heavy (non-hydrogen) atoms. The second-order valence-electron chi connectivity index (χ2n) is 6.58. The number of ether oxygens (including phenoxy) is 1. The Morgan fingerprint density at radius 3 is 2.23 bits per heavy atom. The zero-order chi connectivity index (χ0) is 17.6. The van der Waals surface area contributed by atoms with Gasteiger partial charge in [0.2, 0.25) is 0 Å². The Morgan fingerprint density at radius 1 is 1.04 bits per heavy atom. The minimum atomic E-state index is -0.484. The van der Waals surface area contributed by atoms with E-state index in [4.69, 9.17) is 4.74 Å². The van der Waals surface area contributed by atoms with Crippen molar-refractivity contribution < 1.29 is 9.53 Å². The molecule has 1 heterocycles. The number of amides is 1. The molecule has 140 valence electrons. The van der Waals surface area contributed by atoms with E-state index in [9.17, 15) is 4.79 Å². The van der Waals surface area contributed by atoms with Gasteiger partial charge in [-0.05, 0) is 56.1 Å². The number of rotatable bonds is 5. The molecule has 1 atom stereocenters. The molecule has 1 aliphatic heterocycles. The minimum Gasteiger partial charge on any atom is -0.481 e. The fraction of sp³-hybridized carbons (Fsp3) is 0.381. The van der Waals surface area contributed by atoms with E-state index < -0.39 is 6.10 Å². The maximum atomic E-state index is 12.6. The fourth-order valence-corrected chi connectivity index (χ4v) is 3.27. The Labute approximate surface area is 162 Å². The van der Waals surface area contributed by atoms with E-state index in [2.05, 4.69) is 17.4 Å². The van der Waals surface area contributed by atoms with Crippen LogP contribution in [-0.4, -0.2) is 43.1 Å². The summed E-state index contributed by atoms with van der Waals surface area (Å²) in [5.74, 6) is 0.762. The van der Waals surface area contributed by atoms with Crippen LogP contribution in [0.4, 0.5) is 0 Å². The van der Waals surface area contributed by atoms with Crippen LogP contribution in [0.1, 0.15) is 19.8 Å². The Kier molecular flexibility index (Phi) is 7.49. The van der Waals surface area contributed by atoms with E-state index in [1.54, 1.807) is 0 Å². The number of benzene rings is 2. The van der Waals surface area contributed by atoms with Crippen molar-refractivity contribution in [3.8, 4) is 16.9 Å². The van der Waals surface area contributed by atoms with Crippen molar-refractivity contribution in [3.05, 3.63) is 54.6 Å². The number of piperidine rings is 1. The van der Waals surface area contributed by atoms with Crippen LogP contribution in [0.2, 0.25) is 0 Å². The molecular weight excluding hydrogens is 348 g/mol. The monoisotopic (exact) mass is 374 g/mol. The third kappa shape index (κ3) is 4.99. The van der Waals surface area contributed by atoms with E-state index in [-0.39, 0.29) is 18.3 Å². The third-order valence-electron chi connectivity index (χ3n) is 4.83. The molecule has 3 rings (SSSR count). The van der Waals surface area contributed by atoms with Gasteiger partial charge in [0.05, 0.1) is 0 Å². The Hall–Kier alpha value is -2.04. The summed E-state index contributed by atoms with van der Waals surface area (Å²) in [6, 6.07) is 18.4. The number of nitrogens with zero attached hydrogens (tertiary/aromatic N) is 1. The minimum absolute atomic E-state index is 0. The van der Waals surface area contributed by atoms with Gasteiger partial charge in [0.1, 0.15) is 5.75 Å². The SMILES string of the molecule is CC(Oc1ccc(-c2ccccc2)cc1)C(=O)N(C)C1CCNCC1.Cl. The van der Waals surface area contributed by atoms with Gasteiger partial charge in [-0.2, -0.15) is 0 Å². The molecule has 1 N–H and O–H groups in total. The van der Waals surface area contributed by atoms with E-state index >= 15 is 0 Å². The molecule has 0 saturated carbocycles. The topological polar surface area (TPSA) is 41.6 Å². The van der Waals surface area contributed by atoms with Crippen LogP contribution in [-0.2, 0) is 4.79 Å². The van der Waals surface area contributed by atoms with Crippen molar-refractivity contribution >= 4 is 18.3 Å². The van der Waals surface area contributed by atoms with Crippen LogP contribution in [0, 0.1) is 0 Å². The molecule has 1 amide bonds. The Morgan fingerprint density at radius 2 is 1.62 bits per heavy atom. The first-order valence-corrected chi connectivity index (χ1v) is 8.94. The number of hydrogen-bond acceptors (Lipinski definition) is 3. The van der Waals surface area contributed by atoms with Gasteiger partial charge in [0, 0.05) is 13.1 Å². The number of hydrogen-bond donors (Lipinski definition) is 1. The molecule has 5 heteroatoms.